The molecule has 8 heteroatoms. The van der Waals surface area contributed by atoms with E-state index in [1.807, 2.05) is 24.3 Å². The molecule has 0 aliphatic heterocycles. The largest absolute Gasteiger partial charge is 0.364 e. The lowest BCUT2D eigenvalue weighted by atomic mass is 10.0. The minimum Gasteiger partial charge on any atom is -0.364 e. The first-order chi connectivity index (χ1) is 12.6. The molecule has 140 valence electrons. The Morgan fingerprint density at radius 1 is 1.12 bits per heavy atom. The highest BCUT2D eigenvalue weighted by atomic mass is 16.5. The maximum Gasteiger partial charge on any atom is 0.271 e. The molecular formula is C18H24N4O4. The zero-order valence-corrected chi connectivity index (χ0v) is 14.5. The number of primary amides is 1. The molecule has 0 atom stereocenters. The number of nitrogens with two attached hydrogens (primary N) is 1. The van der Waals surface area contributed by atoms with Gasteiger partial charge in [0.2, 0.25) is 5.91 Å². The van der Waals surface area contributed by atoms with E-state index < -0.39 is 5.91 Å². The van der Waals surface area contributed by atoms with Crippen LogP contribution in [0.15, 0.2) is 35.1 Å². The standard InChI is InChI=1S/C18H24N4O4/c19-18(24)17-15(12-26-22-17)14-8-6-13(7-9-14)11-20-10-4-2-1-3-5-16(23)21-25/h6-9,12,20,25H,1-5,10-11H2,(H2,19,24)(H,21,23). The van der Waals surface area contributed by atoms with Crippen LogP contribution in [-0.2, 0) is 11.3 Å². The van der Waals surface area contributed by atoms with Crippen LogP contribution in [0.3, 0.4) is 0 Å². The number of benzene rings is 1. The molecule has 8 nitrogen and oxygen atoms in total. The van der Waals surface area contributed by atoms with Gasteiger partial charge in [-0.2, -0.15) is 0 Å². The normalized spacial score (nSPS) is 10.7. The Morgan fingerprint density at radius 3 is 2.54 bits per heavy atom. The Balaban J connectivity index is 1.67. The molecule has 2 aromatic rings. The number of carbonyl (C=O) groups excluding carboxylic acids is 2. The maximum absolute atomic E-state index is 11.3. The highest BCUT2D eigenvalue weighted by molar-refractivity contribution is 5.97. The molecule has 1 aromatic heterocycles. The Labute approximate surface area is 151 Å². The van der Waals surface area contributed by atoms with Crippen LogP contribution in [0.1, 0.15) is 48.2 Å². The second kappa shape index (κ2) is 10.3. The van der Waals surface area contributed by atoms with Gasteiger partial charge < -0.3 is 15.6 Å². The fourth-order valence-electron chi connectivity index (χ4n) is 2.60. The van der Waals surface area contributed by atoms with Crippen LogP contribution >= 0.6 is 0 Å². The molecular weight excluding hydrogens is 336 g/mol. The number of unbranched alkanes of at least 4 members (excludes halogenated alkanes) is 3. The number of hydrogen-bond acceptors (Lipinski definition) is 6. The predicted molar refractivity (Wildman–Crippen MR) is 95.2 cm³/mol. The number of carbonyl (C=O) groups is 2. The van der Waals surface area contributed by atoms with Crippen molar-refractivity contribution in [3.05, 3.63) is 41.8 Å². The van der Waals surface area contributed by atoms with Crippen LogP contribution in [0.4, 0.5) is 0 Å². The van der Waals surface area contributed by atoms with Gasteiger partial charge in [0.25, 0.3) is 5.91 Å². The van der Waals surface area contributed by atoms with E-state index >= 15 is 0 Å². The van der Waals surface area contributed by atoms with E-state index in [1.165, 1.54) is 6.26 Å². The molecule has 0 bridgehead atoms. The van der Waals surface area contributed by atoms with Crippen LogP contribution in [0.25, 0.3) is 11.1 Å². The molecule has 26 heavy (non-hydrogen) atoms. The van der Waals surface area contributed by atoms with Crippen LogP contribution in [-0.4, -0.2) is 28.7 Å². The van der Waals surface area contributed by atoms with Gasteiger partial charge in [-0.3, -0.25) is 14.8 Å². The van der Waals surface area contributed by atoms with E-state index in [9.17, 15) is 9.59 Å². The predicted octanol–water partition coefficient (Wildman–Crippen LogP) is 1.99. The van der Waals surface area contributed by atoms with Gasteiger partial charge in [0.05, 0.1) is 5.56 Å². The molecule has 0 aliphatic carbocycles. The van der Waals surface area contributed by atoms with Crippen molar-refractivity contribution in [1.82, 2.24) is 16.0 Å². The lowest BCUT2D eigenvalue weighted by Crippen LogP contribution is -2.17. The molecule has 0 spiro atoms. The van der Waals surface area contributed by atoms with Crippen LogP contribution in [0, 0.1) is 0 Å². The Morgan fingerprint density at radius 2 is 1.85 bits per heavy atom. The fraction of sp³-hybridized carbons (Fsp3) is 0.389. The molecule has 0 radical (unpaired) electrons. The van der Waals surface area contributed by atoms with E-state index in [-0.39, 0.29) is 11.6 Å². The van der Waals surface area contributed by atoms with Crippen molar-refractivity contribution < 1.29 is 19.3 Å². The van der Waals surface area contributed by atoms with Crippen LogP contribution in [0.2, 0.25) is 0 Å². The van der Waals surface area contributed by atoms with Crippen LogP contribution < -0.4 is 16.5 Å². The summed E-state index contributed by atoms with van der Waals surface area (Å²) in [5.74, 6) is -0.947. The monoisotopic (exact) mass is 360 g/mol. The first-order valence-electron chi connectivity index (χ1n) is 8.59. The van der Waals surface area contributed by atoms with Crippen molar-refractivity contribution in [2.24, 2.45) is 5.73 Å². The summed E-state index contributed by atoms with van der Waals surface area (Å²) in [6.07, 6.45) is 5.59. The summed E-state index contributed by atoms with van der Waals surface area (Å²) in [7, 11) is 0. The third-order valence-electron chi connectivity index (χ3n) is 4.03. The molecule has 5 N–H and O–H groups in total. The smallest absolute Gasteiger partial charge is 0.271 e. The summed E-state index contributed by atoms with van der Waals surface area (Å²) in [5, 5.41) is 15.4. The Hall–Kier alpha value is -2.71. The molecule has 0 fully saturated rings. The number of nitrogens with zero attached hydrogens (tertiary/aromatic N) is 1. The zero-order chi connectivity index (χ0) is 18.8. The number of hydroxylamine groups is 1. The summed E-state index contributed by atoms with van der Waals surface area (Å²) in [6, 6.07) is 7.77. The van der Waals surface area contributed by atoms with Crippen molar-refractivity contribution >= 4 is 11.8 Å². The van der Waals surface area contributed by atoms with E-state index in [4.69, 9.17) is 15.5 Å². The Kier molecular flexibility index (Phi) is 7.78. The van der Waals surface area contributed by atoms with E-state index in [0.29, 0.717) is 12.0 Å². The lowest BCUT2D eigenvalue weighted by molar-refractivity contribution is -0.129. The summed E-state index contributed by atoms with van der Waals surface area (Å²) >= 11 is 0. The third-order valence-corrected chi connectivity index (χ3v) is 4.03. The van der Waals surface area contributed by atoms with E-state index in [1.54, 1.807) is 5.48 Å². The van der Waals surface area contributed by atoms with Gasteiger partial charge in [0.1, 0.15) is 6.26 Å². The second-order valence-corrected chi connectivity index (χ2v) is 6.01. The van der Waals surface area contributed by atoms with Gasteiger partial charge in [0.15, 0.2) is 5.69 Å². The summed E-state index contributed by atoms with van der Waals surface area (Å²) in [5.41, 5.74) is 9.58. The fourth-order valence-corrected chi connectivity index (χ4v) is 2.60. The minimum absolute atomic E-state index is 0.132. The first kappa shape index (κ1) is 19.6. The van der Waals surface area contributed by atoms with Gasteiger partial charge in [-0.15, -0.1) is 0 Å². The van der Waals surface area contributed by atoms with E-state index in [0.717, 1.165) is 49.9 Å². The van der Waals surface area contributed by atoms with Crippen molar-refractivity contribution in [3.8, 4) is 11.1 Å². The van der Waals surface area contributed by atoms with Crippen molar-refractivity contribution in [2.45, 2.75) is 38.6 Å². The number of nitrogens with one attached hydrogen (secondary N) is 2. The summed E-state index contributed by atoms with van der Waals surface area (Å²) in [6.45, 7) is 1.64. The quantitative estimate of drug-likeness (QED) is 0.275. The molecule has 0 unspecified atom stereocenters. The topological polar surface area (TPSA) is 130 Å². The molecule has 0 saturated heterocycles. The molecule has 1 heterocycles. The minimum atomic E-state index is -0.614. The molecule has 0 aliphatic rings. The third kappa shape index (κ3) is 5.98. The Bertz CT molecular complexity index is 712. The number of aromatic nitrogens is 1. The summed E-state index contributed by atoms with van der Waals surface area (Å²) < 4.78 is 4.83. The van der Waals surface area contributed by atoms with Crippen molar-refractivity contribution in [3.63, 3.8) is 0 Å². The van der Waals surface area contributed by atoms with Crippen LogP contribution in [0.5, 0.6) is 0 Å². The highest BCUT2D eigenvalue weighted by Gasteiger charge is 2.14. The second-order valence-electron chi connectivity index (χ2n) is 6.01. The zero-order valence-electron chi connectivity index (χ0n) is 14.5. The lowest BCUT2D eigenvalue weighted by Gasteiger charge is -2.06. The number of hydrogen-bond donors (Lipinski definition) is 4. The average molecular weight is 360 g/mol. The first-order valence-corrected chi connectivity index (χ1v) is 8.59. The van der Waals surface area contributed by atoms with Gasteiger partial charge in [0, 0.05) is 13.0 Å². The molecule has 0 saturated carbocycles. The summed E-state index contributed by atoms with van der Waals surface area (Å²) in [4.78, 5) is 22.1. The van der Waals surface area contributed by atoms with Crippen molar-refractivity contribution in [2.75, 3.05) is 6.54 Å². The van der Waals surface area contributed by atoms with Crippen molar-refractivity contribution in [1.29, 1.82) is 0 Å². The molecule has 2 rings (SSSR count). The number of rotatable bonds is 11. The van der Waals surface area contributed by atoms with Gasteiger partial charge in [-0.05, 0) is 30.5 Å². The van der Waals surface area contributed by atoms with E-state index in [2.05, 4.69) is 10.5 Å². The molecule has 2 amide bonds. The SMILES string of the molecule is NC(=O)c1nocc1-c1ccc(CNCCCCCCC(=O)NO)cc1. The van der Waals surface area contributed by atoms with Gasteiger partial charge in [-0.1, -0.05) is 42.3 Å². The van der Waals surface area contributed by atoms with Gasteiger partial charge in [-0.25, -0.2) is 5.48 Å². The number of amides is 2. The maximum atomic E-state index is 11.3. The molecule has 1 aromatic carbocycles. The van der Waals surface area contributed by atoms with Gasteiger partial charge >= 0.3 is 0 Å². The highest BCUT2D eigenvalue weighted by Crippen LogP contribution is 2.23. The average Bonchev–Trinajstić information content (AvgIpc) is 3.14.